The third kappa shape index (κ3) is 6.67. The highest BCUT2D eigenvalue weighted by molar-refractivity contribution is 6.15. The van der Waals surface area contributed by atoms with Gasteiger partial charge in [0.2, 0.25) is 0 Å². The Morgan fingerprint density at radius 2 is 0.855 bits per heavy atom. The number of hydrogen-bond donors (Lipinski definition) is 1. The number of para-hydroxylation sites is 2. The van der Waals surface area contributed by atoms with E-state index in [1.807, 2.05) is 12.4 Å². The molecule has 0 bridgehead atoms. The standard InChI is InChI=1S/C52H51N3/c1-31-24-39(51(5,6)7)25-32(2)47(31)37-20-22-53-45(29-37)36-15-11-14-35(28-36)41-16-12-17-42-43-18-13-19-44(50(43)55-49(41)42)46-30-38(21-23-54-46)48-33(3)26-40(27-34(48)4)52(8,9)10/h11-30,55H,1-10H3. The number of hydrogen-bond acceptors (Lipinski definition) is 2. The van der Waals surface area contributed by atoms with E-state index in [2.05, 4.69) is 183 Å². The lowest BCUT2D eigenvalue weighted by Crippen LogP contribution is -2.12. The van der Waals surface area contributed by atoms with Crippen molar-refractivity contribution in [3.8, 4) is 55.9 Å². The van der Waals surface area contributed by atoms with Crippen molar-refractivity contribution in [3.05, 3.63) is 155 Å². The Balaban J connectivity index is 1.19. The summed E-state index contributed by atoms with van der Waals surface area (Å²) in [4.78, 5) is 13.7. The zero-order valence-corrected chi connectivity index (χ0v) is 33.9. The fourth-order valence-corrected chi connectivity index (χ4v) is 8.43. The molecule has 0 radical (unpaired) electrons. The van der Waals surface area contributed by atoms with Crippen molar-refractivity contribution < 1.29 is 0 Å². The largest absolute Gasteiger partial charge is 0.353 e. The summed E-state index contributed by atoms with van der Waals surface area (Å²) in [5.74, 6) is 0. The molecule has 5 aromatic carbocycles. The number of pyridine rings is 2. The Morgan fingerprint density at radius 3 is 1.38 bits per heavy atom. The van der Waals surface area contributed by atoms with Crippen molar-refractivity contribution in [1.29, 1.82) is 0 Å². The van der Waals surface area contributed by atoms with Crippen molar-refractivity contribution in [2.24, 2.45) is 0 Å². The lowest BCUT2D eigenvalue weighted by atomic mass is 9.82. The van der Waals surface area contributed by atoms with Crippen molar-refractivity contribution in [1.82, 2.24) is 15.0 Å². The number of fused-ring (bicyclic) bond motifs is 3. The van der Waals surface area contributed by atoms with Crippen LogP contribution in [-0.4, -0.2) is 15.0 Å². The van der Waals surface area contributed by atoms with Gasteiger partial charge >= 0.3 is 0 Å². The van der Waals surface area contributed by atoms with Crippen LogP contribution in [0.1, 0.15) is 74.9 Å². The lowest BCUT2D eigenvalue weighted by molar-refractivity contribution is 0.589. The molecule has 0 amide bonds. The highest BCUT2D eigenvalue weighted by Gasteiger charge is 2.20. The first-order valence-electron chi connectivity index (χ1n) is 19.5. The van der Waals surface area contributed by atoms with Crippen molar-refractivity contribution in [2.45, 2.75) is 80.1 Å². The van der Waals surface area contributed by atoms with Gasteiger partial charge in [-0.3, -0.25) is 9.97 Å². The highest BCUT2D eigenvalue weighted by atomic mass is 14.7. The number of aromatic nitrogens is 3. The van der Waals surface area contributed by atoms with Crippen molar-refractivity contribution >= 4 is 21.8 Å². The molecule has 0 saturated carbocycles. The molecule has 0 aliphatic rings. The van der Waals surface area contributed by atoms with E-state index in [1.54, 1.807) is 0 Å². The van der Waals surface area contributed by atoms with Gasteiger partial charge in [0.05, 0.1) is 22.4 Å². The van der Waals surface area contributed by atoms with E-state index in [-0.39, 0.29) is 10.8 Å². The molecule has 274 valence electrons. The highest BCUT2D eigenvalue weighted by Crippen LogP contribution is 2.40. The Labute approximate surface area is 326 Å². The molecule has 0 atom stereocenters. The van der Waals surface area contributed by atoms with Crippen LogP contribution in [0, 0.1) is 27.7 Å². The normalized spacial score (nSPS) is 12.2. The molecule has 0 aliphatic carbocycles. The van der Waals surface area contributed by atoms with Crippen LogP contribution < -0.4 is 0 Å². The van der Waals surface area contributed by atoms with E-state index in [1.165, 1.54) is 66.4 Å². The maximum Gasteiger partial charge on any atom is 0.0729 e. The van der Waals surface area contributed by atoms with Gasteiger partial charge in [-0.25, -0.2) is 0 Å². The SMILES string of the molecule is Cc1cc(C(C)(C)C)cc(C)c1-c1ccnc(-c2cccc(-c3cccc4c3[nH]c3c(-c5cc(-c6c(C)cc(C(C)(C)C)cc6C)ccn5)cccc34)c2)c1. The molecule has 0 saturated heterocycles. The topological polar surface area (TPSA) is 41.6 Å². The minimum absolute atomic E-state index is 0.0998. The Morgan fingerprint density at radius 1 is 0.418 bits per heavy atom. The number of rotatable bonds is 5. The number of aryl methyl sites for hydroxylation is 4. The van der Waals surface area contributed by atoms with Crippen molar-refractivity contribution in [2.75, 3.05) is 0 Å². The molecular formula is C52H51N3. The summed E-state index contributed by atoms with van der Waals surface area (Å²) in [5, 5.41) is 2.39. The number of benzene rings is 5. The van der Waals surface area contributed by atoms with Gasteiger partial charge in [-0.05, 0) is 130 Å². The second-order valence-corrected chi connectivity index (χ2v) is 17.5. The molecule has 1 N–H and O–H groups in total. The van der Waals surface area contributed by atoms with Crippen LogP contribution in [-0.2, 0) is 10.8 Å². The van der Waals surface area contributed by atoms with E-state index in [0.717, 1.165) is 44.7 Å². The number of H-pyrrole nitrogens is 1. The maximum atomic E-state index is 4.93. The summed E-state index contributed by atoms with van der Waals surface area (Å²) in [5.41, 5.74) is 21.7. The van der Waals surface area contributed by atoms with E-state index >= 15 is 0 Å². The first-order chi connectivity index (χ1) is 26.2. The smallest absolute Gasteiger partial charge is 0.0729 e. The van der Waals surface area contributed by atoms with Crippen LogP contribution >= 0.6 is 0 Å². The van der Waals surface area contributed by atoms with Gasteiger partial charge in [0, 0.05) is 39.9 Å². The summed E-state index contributed by atoms with van der Waals surface area (Å²) < 4.78 is 0. The maximum absolute atomic E-state index is 4.93. The van der Waals surface area contributed by atoms with Gasteiger partial charge in [0.25, 0.3) is 0 Å². The summed E-state index contributed by atoms with van der Waals surface area (Å²) >= 11 is 0. The van der Waals surface area contributed by atoms with Crippen LogP contribution in [0.3, 0.4) is 0 Å². The van der Waals surface area contributed by atoms with Crippen LogP contribution in [0.5, 0.6) is 0 Å². The predicted molar refractivity (Wildman–Crippen MR) is 235 cm³/mol. The minimum Gasteiger partial charge on any atom is -0.353 e. The molecule has 3 nitrogen and oxygen atoms in total. The zero-order chi connectivity index (χ0) is 38.8. The molecule has 8 rings (SSSR count). The molecule has 3 heterocycles. The Bertz CT molecular complexity index is 2720. The minimum atomic E-state index is 0.0998. The van der Waals surface area contributed by atoms with Gasteiger partial charge in [-0.1, -0.05) is 120 Å². The zero-order valence-electron chi connectivity index (χ0n) is 33.9. The van der Waals surface area contributed by atoms with Crippen LogP contribution in [0.15, 0.2) is 122 Å². The summed E-state index contributed by atoms with van der Waals surface area (Å²) in [7, 11) is 0. The van der Waals surface area contributed by atoms with Crippen LogP contribution in [0.4, 0.5) is 0 Å². The van der Waals surface area contributed by atoms with Gasteiger partial charge < -0.3 is 4.98 Å². The first kappa shape index (κ1) is 36.2. The fraction of sp³-hybridized carbons (Fsp3) is 0.231. The van der Waals surface area contributed by atoms with Gasteiger partial charge in [-0.2, -0.15) is 0 Å². The molecule has 0 fully saturated rings. The lowest BCUT2D eigenvalue weighted by Gasteiger charge is -2.22. The van der Waals surface area contributed by atoms with Crippen LogP contribution in [0.25, 0.3) is 77.7 Å². The molecule has 8 aromatic rings. The van der Waals surface area contributed by atoms with E-state index in [0.29, 0.717) is 0 Å². The third-order valence-corrected chi connectivity index (χ3v) is 11.3. The summed E-state index contributed by atoms with van der Waals surface area (Å²) in [6.45, 7) is 22.6. The predicted octanol–water partition coefficient (Wildman–Crippen LogP) is 14.3. The molecule has 0 unspecified atom stereocenters. The Kier molecular flexibility index (Phi) is 8.88. The molecule has 0 spiro atoms. The van der Waals surface area contributed by atoms with E-state index in [9.17, 15) is 0 Å². The second-order valence-electron chi connectivity index (χ2n) is 17.5. The number of nitrogens with one attached hydrogen (secondary N) is 1. The summed E-state index contributed by atoms with van der Waals surface area (Å²) in [6.07, 6.45) is 3.90. The van der Waals surface area contributed by atoms with E-state index < -0.39 is 0 Å². The average molecular weight is 718 g/mol. The second kappa shape index (κ2) is 13.5. The van der Waals surface area contributed by atoms with Gasteiger partial charge in [0.1, 0.15) is 0 Å². The fourth-order valence-electron chi connectivity index (χ4n) is 8.43. The monoisotopic (exact) mass is 717 g/mol. The third-order valence-electron chi connectivity index (χ3n) is 11.3. The quantitative estimate of drug-likeness (QED) is 0.193. The molecule has 3 heteroatoms. The van der Waals surface area contributed by atoms with Gasteiger partial charge in [-0.15, -0.1) is 0 Å². The summed E-state index contributed by atoms with van der Waals surface area (Å²) in [6, 6.07) is 40.1. The Hall–Kier alpha value is -5.80. The first-order valence-corrected chi connectivity index (χ1v) is 19.5. The molecular weight excluding hydrogens is 667 g/mol. The average Bonchev–Trinajstić information content (AvgIpc) is 3.53. The van der Waals surface area contributed by atoms with Gasteiger partial charge in [0.15, 0.2) is 0 Å². The van der Waals surface area contributed by atoms with E-state index in [4.69, 9.17) is 9.97 Å². The molecule has 0 aliphatic heterocycles. The number of nitrogens with zero attached hydrogens (tertiary/aromatic N) is 2. The number of aromatic amines is 1. The molecule has 55 heavy (non-hydrogen) atoms. The van der Waals surface area contributed by atoms with Crippen molar-refractivity contribution in [3.63, 3.8) is 0 Å². The van der Waals surface area contributed by atoms with Crippen LogP contribution in [0.2, 0.25) is 0 Å². The molecule has 3 aromatic heterocycles.